The highest BCUT2D eigenvalue weighted by Gasteiger charge is 2.11. The van der Waals surface area contributed by atoms with Crippen LogP contribution in [0.5, 0.6) is 0 Å². The molecule has 5 heteroatoms. The van der Waals surface area contributed by atoms with E-state index >= 15 is 0 Å². The first-order valence-electron chi connectivity index (χ1n) is 3.41. The van der Waals surface area contributed by atoms with Gasteiger partial charge in [-0.3, -0.25) is 0 Å². The molecule has 0 fully saturated rings. The highest BCUT2D eigenvalue weighted by Crippen LogP contribution is 2.37. The highest BCUT2D eigenvalue weighted by molar-refractivity contribution is 14.1. The van der Waals surface area contributed by atoms with Crippen molar-refractivity contribution in [3.05, 3.63) is 30.4 Å². The van der Waals surface area contributed by atoms with Gasteiger partial charge in [-0.1, -0.05) is 39.1 Å². The predicted octanol–water partition coefficient (Wildman–Crippen LogP) is 4.84. The van der Waals surface area contributed by atoms with E-state index in [1.54, 1.807) is 0 Å². The summed E-state index contributed by atoms with van der Waals surface area (Å²) in [6, 6.07) is 1.81. The van der Waals surface area contributed by atoms with E-state index < -0.39 is 0 Å². The number of hydrogen-bond donors (Lipinski definition) is 1. The van der Waals surface area contributed by atoms with E-state index in [1.807, 2.05) is 12.3 Å². The number of halogens is 4. The van der Waals surface area contributed by atoms with Gasteiger partial charge in [0.1, 0.15) is 0 Å². The Hall–Kier alpha value is 0.550. The molecule has 0 radical (unpaired) electrons. The molecule has 2 rings (SSSR count). The molecule has 1 aromatic heterocycles. The second-order valence-electron chi connectivity index (χ2n) is 2.54. The molecule has 0 unspecified atom stereocenters. The molecule has 0 aliphatic heterocycles. The van der Waals surface area contributed by atoms with Crippen LogP contribution in [0.25, 0.3) is 10.9 Å². The molecular formula is C8H3BrCl2IN. The summed E-state index contributed by atoms with van der Waals surface area (Å²) in [5.74, 6) is 0. The third-order valence-corrected chi connectivity index (χ3v) is 4.02. The first kappa shape index (κ1) is 10.1. The van der Waals surface area contributed by atoms with Crippen molar-refractivity contribution >= 4 is 72.6 Å². The van der Waals surface area contributed by atoms with E-state index in [2.05, 4.69) is 43.5 Å². The monoisotopic (exact) mass is 389 g/mol. The summed E-state index contributed by atoms with van der Waals surface area (Å²) in [4.78, 5) is 3.08. The van der Waals surface area contributed by atoms with Crippen molar-refractivity contribution in [1.29, 1.82) is 0 Å². The fraction of sp³-hybridized carbons (Fsp3) is 0. The number of rotatable bonds is 0. The average Bonchev–Trinajstić information content (AvgIpc) is 2.44. The lowest BCUT2D eigenvalue weighted by molar-refractivity contribution is 1.47. The molecule has 0 saturated carbocycles. The summed E-state index contributed by atoms with van der Waals surface area (Å²) >= 11 is 17.6. The Morgan fingerprint density at radius 3 is 2.77 bits per heavy atom. The molecular weight excluding hydrogens is 388 g/mol. The molecule has 1 N–H and O–H groups in total. The minimum atomic E-state index is 0.555. The number of H-pyrrole nitrogens is 1. The van der Waals surface area contributed by atoms with Gasteiger partial charge in [0.15, 0.2) is 0 Å². The number of aromatic amines is 1. The van der Waals surface area contributed by atoms with Gasteiger partial charge in [0.25, 0.3) is 0 Å². The van der Waals surface area contributed by atoms with Crippen LogP contribution in [0.3, 0.4) is 0 Å². The topological polar surface area (TPSA) is 15.8 Å². The Balaban J connectivity index is 2.99. The van der Waals surface area contributed by atoms with Crippen LogP contribution >= 0.6 is 61.7 Å². The maximum atomic E-state index is 6.02. The van der Waals surface area contributed by atoms with Gasteiger partial charge in [-0.15, -0.1) is 0 Å². The Morgan fingerprint density at radius 2 is 2.08 bits per heavy atom. The second-order valence-corrected chi connectivity index (χ2v) is 5.34. The molecule has 0 aliphatic rings. The Kier molecular flexibility index (Phi) is 2.80. The van der Waals surface area contributed by atoms with Crippen LogP contribution < -0.4 is 0 Å². The smallest absolute Gasteiger partial charge is 0.0834 e. The van der Waals surface area contributed by atoms with Crippen molar-refractivity contribution in [2.75, 3.05) is 0 Å². The van der Waals surface area contributed by atoms with Gasteiger partial charge in [-0.25, -0.2) is 0 Å². The highest BCUT2D eigenvalue weighted by atomic mass is 127. The number of aromatic nitrogens is 1. The Morgan fingerprint density at radius 1 is 1.38 bits per heavy atom. The molecule has 0 spiro atoms. The predicted molar refractivity (Wildman–Crippen MR) is 68.7 cm³/mol. The number of nitrogens with one attached hydrogen (secondary N) is 1. The second kappa shape index (κ2) is 3.61. The van der Waals surface area contributed by atoms with E-state index in [9.17, 15) is 0 Å². The van der Waals surface area contributed by atoms with Gasteiger partial charge in [0.05, 0.1) is 15.6 Å². The quantitative estimate of drug-likeness (QED) is 0.489. The van der Waals surface area contributed by atoms with E-state index in [0.717, 1.165) is 18.9 Å². The van der Waals surface area contributed by atoms with Gasteiger partial charge in [0, 0.05) is 19.6 Å². The maximum Gasteiger partial charge on any atom is 0.0834 e. The third-order valence-electron chi connectivity index (χ3n) is 1.75. The molecule has 0 atom stereocenters. The third kappa shape index (κ3) is 1.60. The number of hydrogen-bond acceptors (Lipinski definition) is 0. The minimum absolute atomic E-state index is 0.555. The van der Waals surface area contributed by atoms with Crippen LogP contribution in [0.1, 0.15) is 0 Å². The van der Waals surface area contributed by atoms with Crippen molar-refractivity contribution in [2.24, 2.45) is 0 Å². The van der Waals surface area contributed by atoms with Gasteiger partial charge in [-0.05, 0) is 28.7 Å². The van der Waals surface area contributed by atoms with Crippen LogP contribution in [0, 0.1) is 3.57 Å². The first-order chi connectivity index (χ1) is 6.11. The van der Waals surface area contributed by atoms with Crippen LogP contribution in [0.4, 0.5) is 0 Å². The van der Waals surface area contributed by atoms with Crippen molar-refractivity contribution in [3.63, 3.8) is 0 Å². The molecule has 1 heterocycles. The molecule has 13 heavy (non-hydrogen) atoms. The maximum absolute atomic E-state index is 6.02. The van der Waals surface area contributed by atoms with Gasteiger partial charge in [-0.2, -0.15) is 0 Å². The van der Waals surface area contributed by atoms with E-state index in [4.69, 9.17) is 23.2 Å². The standard InChI is InChI=1S/C8H3BrCl2IN/c9-3-1-4(10)7(11)8-6(3)5(12)2-13-8/h1-2,13H. The molecule has 2 aromatic rings. The summed E-state index contributed by atoms with van der Waals surface area (Å²) in [5, 5.41) is 2.21. The zero-order valence-electron chi connectivity index (χ0n) is 6.17. The number of benzene rings is 1. The first-order valence-corrected chi connectivity index (χ1v) is 6.04. The Bertz CT molecular complexity index is 480. The molecule has 0 saturated heterocycles. The van der Waals surface area contributed by atoms with Crippen LogP contribution in [-0.2, 0) is 0 Å². The fourth-order valence-corrected chi connectivity index (χ4v) is 3.44. The van der Waals surface area contributed by atoms with Gasteiger partial charge >= 0.3 is 0 Å². The summed E-state index contributed by atoms with van der Waals surface area (Å²) in [7, 11) is 0. The van der Waals surface area contributed by atoms with Crippen LogP contribution in [-0.4, -0.2) is 4.98 Å². The van der Waals surface area contributed by atoms with Crippen LogP contribution in [0.15, 0.2) is 16.7 Å². The summed E-state index contributed by atoms with van der Waals surface area (Å²) in [5.41, 5.74) is 0.880. The van der Waals surface area contributed by atoms with Gasteiger partial charge < -0.3 is 4.98 Å². The molecule has 0 amide bonds. The normalized spacial score (nSPS) is 11.1. The molecule has 0 aliphatic carbocycles. The lowest BCUT2D eigenvalue weighted by atomic mass is 10.2. The molecule has 68 valence electrons. The van der Waals surface area contributed by atoms with Crippen molar-refractivity contribution in [3.8, 4) is 0 Å². The summed E-state index contributed by atoms with van der Waals surface area (Å²) in [6.45, 7) is 0. The van der Waals surface area contributed by atoms with E-state index in [1.165, 1.54) is 0 Å². The SMILES string of the molecule is Clc1cc(Br)c2c(I)c[nH]c2c1Cl. The van der Waals surface area contributed by atoms with Crippen molar-refractivity contribution < 1.29 is 0 Å². The number of fused-ring (bicyclic) bond motifs is 1. The largest absolute Gasteiger partial charge is 0.359 e. The van der Waals surface area contributed by atoms with Crippen molar-refractivity contribution in [2.45, 2.75) is 0 Å². The van der Waals surface area contributed by atoms with E-state index in [0.29, 0.717) is 10.0 Å². The van der Waals surface area contributed by atoms with E-state index in [-0.39, 0.29) is 0 Å². The lowest BCUT2D eigenvalue weighted by Crippen LogP contribution is -1.76. The van der Waals surface area contributed by atoms with Crippen LogP contribution in [0.2, 0.25) is 10.0 Å². The minimum Gasteiger partial charge on any atom is -0.359 e. The zero-order valence-corrected chi connectivity index (χ0v) is 11.4. The summed E-state index contributed by atoms with van der Waals surface area (Å²) in [6.07, 6.45) is 1.90. The fourth-order valence-electron chi connectivity index (χ4n) is 1.17. The lowest BCUT2D eigenvalue weighted by Gasteiger charge is -2.00. The summed E-state index contributed by atoms with van der Waals surface area (Å²) < 4.78 is 2.08. The van der Waals surface area contributed by atoms with Crippen molar-refractivity contribution in [1.82, 2.24) is 4.98 Å². The molecule has 1 nitrogen and oxygen atoms in total. The van der Waals surface area contributed by atoms with Gasteiger partial charge in [0.2, 0.25) is 0 Å². The zero-order chi connectivity index (χ0) is 9.59. The Labute approximate surface area is 107 Å². The molecule has 0 bridgehead atoms. The average molecular weight is 391 g/mol. The molecule has 1 aromatic carbocycles.